The SMILES string of the molecule is Cc1ccc(NC(=O)COc2ccc(Cl)cc2/C=C2/C(=O)NC(=O)N(c3ccc(OCc4ccccc4)cc3)C2=O)cc1Cl. The fourth-order valence-electron chi connectivity index (χ4n) is 4.25. The number of ether oxygens (including phenoxy) is 2. The highest BCUT2D eigenvalue weighted by Crippen LogP contribution is 2.29. The Hall–Kier alpha value is -5.12. The number of nitrogens with one attached hydrogen (secondary N) is 2. The van der Waals surface area contributed by atoms with Crippen LogP contribution in [0, 0.1) is 6.92 Å². The minimum atomic E-state index is -0.898. The van der Waals surface area contributed by atoms with Gasteiger partial charge in [-0.25, -0.2) is 9.69 Å². The van der Waals surface area contributed by atoms with Crippen molar-refractivity contribution in [2.75, 3.05) is 16.8 Å². The summed E-state index contributed by atoms with van der Waals surface area (Å²) in [6, 6.07) is 24.7. The number of amides is 5. The lowest BCUT2D eigenvalue weighted by molar-refractivity contribution is -0.122. The number of nitrogens with zero attached hydrogens (tertiary/aromatic N) is 1. The molecule has 0 aliphatic carbocycles. The van der Waals surface area contributed by atoms with E-state index in [0.717, 1.165) is 16.0 Å². The molecule has 9 nitrogen and oxygen atoms in total. The van der Waals surface area contributed by atoms with Crippen LogP contribution in [0.5, 0.6) is 11.5 Å². The van der Waals surface area contributed by atoms with Crippen LogP contribution in [0.2, 0.25) is 10.0 Å². The number of hydrogen-bond donors (Lipinski definition) is 2. The summed E-state index contributed by atoms with van der Waals surface area (Å²) in [4.78, 5) is 52.3. The highest BCUT2D eigenvalue weighted by Gasteiger charge is 2.37. The van der Waals surface area contributed by atoms with E-state index in [1.165, 1.54) is 24.3 Å². The summed E-state index contributed by atoms with van der Waals surface area (Å²) >= 11 is 12.3. The zero-order valence-electron chi connectivity index (χ0n) is 23.3. The molecule has 0 unspecified atom stereocenters. The fourth-order valence-corrected chi connectivity index (χ4v) is 4.62. The van der Waals surface area contributed by atoms with E-state index < -0.39 is 23.8 Å². The summed E-state index contributed by atoms with van der Waals surface area (Å²) in [6.45, 7) is 1.81. The predicted octanol–water partition coefficient (Wildman–Crippen LogP) is 6.56. The molecule has 0 saturated carbocycles. The molecule has 222 valence electrons. The zero-order chi connectivity index (χ0) is 31.2. The molecule has 11 heteroatoms. The number of barbiturate groups is 1. The third-order valence-corrected chi connectivity index (χ3v) is 7.17. The molecular formula is C33H25Cl2N3O6. The highest BCUT2D eigenvalue weighted by molar-refractivity contribution is 6.39. The molecule has 2 N–H and O–H groups in total. The topological polar surface area (TPSA) is 114 Å². The van der Waals surface area contributed by atoms with Gasteiger partial charge in [0.15, 0.2) is 6.61 Å². The number of halogens is 2. The van der Waals surface area contributed by atoms with Gasteiger partial charge in [-0.2, -0.15) is 0 Å². The van der Waals surface area contributed by atoms with Crippen LogP contribution in [0.25, 0.3) is 6.08 Å². The molecular weight excluding hydrogens is 605 g/mol. The standard InChI is InChI=1S/C33H25Cl2N3O6/c1-20-7-9-24(17-28(20)35)36-30(39)19-44-29-14-8-23(34)15-22(29)16-27-31(40)37-33(42)38(32(27)41)25-10-12-26(13-11-25)43-18-21-5-3-2-4-6-21/h2-17H,18-19H2,1H3,(H,36,39)(H,37,40,42)/b27-16-. The molecule has 1 aliphatic heterocycles. The number of aryl methyl sites for hydroxylation is 1. The van der Waals surface area contributed by atoms with Gasteiger partial charge in [-0.15, -0.1) is 0 Å². The van der Waals surface area contributed by atoms with Crippen molar-refractivity contribution in [1.82, 2.24) is 5.32 Å². The molecule has 0 aromatic heterocycles. The van der Waals surface area contributed by atoms with Crippen LogP contribution in [0.4, 0.5) is 16.2 Å². The number of anilines is 2. The van der Waals surface area contributed by atoms with Crippen LogP contribution in [-0.2, 0) is 21.0 Å². The second kappa shape index (κ2) is 13.5. The summed E-state index contributed by atoms with van der Waals surface area (Å²) in [5.74, 6) is -1.49. The molecule has 5 amide bonds. The summed E-state index contributed by atoms with van der Waals surface area (Å²) in [5, 5.41) is 5.69. The maximum Gasteiger partial charge on any atom is 0.335 e. The maximum atomic E-state index is 13.5. The third-order valence-electron chi connectivity index (χ3n) is 6.53. The van der Waals surface area contributed by atoms with Crippen molar-refractivity contribution in [3.63, 3.8) is 0 Å². The van der Waals surface area contributed by atoms with Gasteiger partial charge in [-0.1, -0.05) is 59.6 Å². The quantitative estimate of drug-likeness (QED) is 0.160. The van der Waals surface area contributed by atoms with Crippen LogP contribution in [0.1, 0.15) is 16.7 Å². The largest absolute Gasteiger partial charge is 0.489 e. The van der Waals surface area contributed by atoms with Crippen molar-refractivity contribution in [1.29, 1.82) is 0 Å². The number of rotatable bonds is 9. The normalized spacial score (nSPS) is 13.9. The average molecular weight is 630 g/mol. The lowest BCUT2D eigenvalue weighted by Gasteiger charge is -2.26. The van der Waals surface area contributed by atoms with Gasteiger partial charge < -0.3 is 14.8 Å². The predicted molar refractivity (Wildman–Crippen MR) is 168 cm³/mol. The fraction of sp³-hybridized carbons (Fsp3) is 0.0909. The van der Waals surface area contributed by atoms with Crippen LogP contribution in [-0.4, -0.2) is 30.4 Å². The Morgan fingerprint density at radius 2 is 1.66 bits per heavy atom. The van der Waals surface area contributed by atoms with E-state index in [4.69, 9.17) is 32.7 Å². The maximum absolute atomic E-state index is 13.5. The number of urea groups is 1. The zero-order valence-corrected chi connectivity index (χ0v) is 24.8. The van der Waals surface area contributed by atoms with Crippen LogP contribution in [0.3, 0.4) is 0 Å². The second-order valence-corrected chi connectivity index (χ2v) is 10.6. The van der Waals surface area contributed by atoms with Gasteiger partial charge in [0, 0.05) is 21.3 Å². The molecule has 4 aromatic rings. The van der Waals surface area contributed by atoms with Crippen LogP contribution >= 0.6 is 23.2 Å². The molecule has 0 spiro atoms. The molecule has 0 bridgehead atoms. The number of benzene rings is 4. The monoisotopic (exact) mass is 629 g/mol. The van der Waals surface area contributed by atoms with Crippen LogP contribution in [0.15, 0.2) is 96.6 Å². The molecule has 4 aromatic carbocycles. The first-order valence-electron chi connectivity index (χ1n) is 13.3. The number of hydrogen-bond acceptors (Lipinski definition) is 6. The molecule has 1 aliphatic rings. The Bertz CT molecular complexity index is 1770. The molecule has 1 saturated heterocycles. The van der Waals surface area contributed by atoms with E-state index in [0.29, 0.717) is 28.1 Å². The van der Waals surface area contributed by atoms with E-state index in [1.807, 2.05) is 37.3 Å². The van der Waals surface area contributed by atoms with E-state index in [-0.39, 0.29) is 29.2 Å². The van der Waals surface area contributed by atoms with Gasteiger partial charge in [0.05, 0.1) is 5.69 Å². The summed E-state index contributed by atoms with van der Waals surface area (Å²) in [5.41, 5.74) is 2.50. The van der Waals surface area contributed by atoms with E-state index in [9.17, 15) is 19.2 Å². The smallest absolute Gasteiger partial charge is 0.335 e. The number of carbonyl (C=O) groups excluding carboxylic acids is 4. The molecule has 1 heterocycles. The van der Waals surface area contributed by atoms with E-state index in [2.05, 4.69) is 10.6 Å². The molecule has 44 heavy (non-hydrogen) atoms. The van der Waals surface area contributed by atoms with Crippen molar-refractivity contribution < 1.29 is 28.7 Å². The lowest BCUT2D eigenvalue weighted by Crippen LogP contribution is -2.54. The number of carbonyl (C=O) groups is 4. The molecule has 0 radical (unpaired) electrons. The first-order chi connectivity index (χ1) is 21.2. The highest BCUT2D eigenvalue weighted by atomic mass is 35.5. The Morgan fingerprint density at radius 3 is 2.39 bits per heavy atom. The molecule has 1 fully saturated rings. The van der Waals surface area contributed by atoms with Crippen molar-refractivity contribution in [2.45, 2.75) is 13.5 Å². The Kier molecular flexibility index (Phi) is 9.28. The minimum Gasteiger partial charge on any atom is -0.489 e. The van der Waals surface area contributed by atoms with Gasteiger partial charge in [-0.3, -0.25) is 19.7 Å². The second-order valence-electron chi connectivity index (χ2n) is 9.71. The van der Waals surface area contributed by atoms with Gasteiger partial charge in [-0.05, 0) is 78.7 Å². The lowest BCUT2D eigenvalue weighted by atomic mass is 10.1. The van der Waals surface area contributed by atoms with E-state index in [1.54, 1.807) is 42.5 Å². The van der Waals surface area contributed by atoms with Gasteiger partial charge in [0.1, 0.15) is 23.7 Å². The molecule has 0 atom stereocenters. The van der Waals surface area contributed by atoms with Gasteiger partial charge >= 0.3 is 6.03 Å². The summed E-state index contributed by atoms with van der Waals surface area (Å²) in [6.07, 6.45) is 1.26. The third kappa shape index (κ3) is 7.26. The van der Waals surface area contributed by atoms with Crippen LogP contribution < -0.4 is 25.0 Å². The van der Waals surface area contributed by atoms with Crippen molar-refractivity contribution >= 4 is 64.4 Å². The Morgan fingerprint density at radius 1 is 0.909 bits per heavy atom. The van der Waals surface area contributed by atoms with Gasteiger partial charge in [0.2, 0.25) is 0 Å². The first-order valence-corrected chi connectivity index (χ1v) is 14.1. The van der Waals surface area contributed by atoms with Crippen molar-refractivity contribution in [3.05, 3.63) is 123 Å². The summed E-state index contributed by atoms with van der Waals surface area (Å²) in [7, 11) is 0. The Balaban J connectivity index is 1.31. The number of imide groups is 2. The van der Waals surface area contributed by atoms with E-state index >= 15 is 0 Å². The average Bonchev–Trinajstić information content (AvgIpc) is 3.00. The first kappa shape index (κ1) is 30.3. The van der Waals surface area contributed by atoms with Crippen molar-refractivity contribution in [2.24, 2.45) is 0 Å². The Labute approximate surface area is 263 Å². The summed E-state index contributed by atoms with van der Waals surface area (Å²) < 4.78 is 11.5. The minimum absolute atomic E-state index is 0.183. The molecule has 5 rings (SSSR count). The van der Waals surface area contributed by atoms with Gasteiger partial charge in [0.25, 0.3) is 17.7 Å². The van der Waals surface area contributed by atoms with Crippen molar-refractivity contribution in [3.8, 4) is 11.5 Å².